The standard InChI is InChI=1S/C17H29NO2.C17H23NO2.C16H27NO2.C15H25NO2.C14H23NO2/c2*1-13(2)16(19)12-14-8-10-18(11-9-14)17(20)15-6-4-3-5-7-15;1-12(2)15(18)11-13-7-9-17(10-8-13)16(19)14-5-3-4-6-14;1-11(2)14(17)10-12-6-8-16(9-7-12)15(18)13-4-3-5-13;1-10(2)13(16)9-11-5-7-15(8-6-11)14(17)12-3-4-12/h13-15H,3-12H2,1-2H3;3-7,13-14H,8-12H2,1-2H3;12-14H,3-11H2,1-2H3;11-13H,3-10H2,1-2H3;10-12H,3-9H2,1-2H3. The van der Waals surface area contributed by atoms with E-state index in [4.69, 9.17) is 0 Å². The van der Waals surface area contributed by atoms with Crippen molar-refractivity contribution in [1.82, 2.24) is 24.5 Å². The van der Waals surface area contributed by atoms with Gasteiger partial charge in [0, 0.05) is 156 Å². The van der Waals surface area contributed by atoms with Gasteiger partial charge in [-0.1, -0.05) is 126 Å². The molecule has 9 aliphatic rings. The van der Waals surface area contributed by atoms with Crippen LogP contribution in [0.1, 0.15) is 266 Å². The van der Waals surface area contributed by atoms with Gasteiger partial charge in [0.15, 0.2) is 0 Å². The van der Waals surface area contributed by atoms with Gasteiger partial charge in [-0.05, 0) is 157 Å². The summed E-state index contributed by atoms with van der Waals surface area (Å²) in [7, 11) is 0. The van der Waals surface area contributed by atoms with Gasteiger partial charge >= 0.3 is 0 Å². The van der Waals surface area contributed by atoms with Crippen molar-refractivity contribution in [2.75, 3.05) is 65.4 Å². The van der Waals surface area contributed by atoms with Crippen LogP contribution in [0.5, 0.6) is 0 Å². The number of hydrogen-bond donors (Lipinski definition) is 0. The second-order valence-electron chi connectivity index (χ2n) is 31.5. The third-order valence-electron chi connectivity index (χ3n) is 22.3. The topological polar surface area (TPSA) is 187 Å². The molecule has 5 heterocycles. The summed E-state index contributed by atoms with van der Waals surface area (Å²) in [5.41, 5.74) is 0.754. The number of nitrogens with zero attached hydrogens (tertiary/aromatic N) is 5. The number of rotatable bonds is 20. The normalized spacial score (nSPS) is 20.9. The van der Waals surface area contributed by atoms with Crippen molar-refractivity contribution in [2.45, 2.75) is 255 Å². The van der Waals surface area contributed by atoms with Gasteiger partial charge in [-0.3, -0.25) is 47.9 Å². The van der Waals surface area contributed by atoms with E-state index in [0.717, 1.165) is 187 Å². The summed E-state index contributed by atoms with van der Waals surface area (Å²) in [6.07, 6.45) is 29.6. The highest BCUT2D eigenvalue weighted by Gasteiger charge is 2.37. The number of Topliss-reactive ketones (excluding diaryl/α,β-unsaturated/α-hetero) is 5. The van der Waals surface area contributed by atoms with Gasteiger partial charge in [-0.25, -0.2) is 0 Å². The molecule has 15 nitrogen and oxygen atoms in total. The van der Waals surface area contributed by atoms with Gasteiger partial charge < -0.3 is 24.5 Å². The number of carbonyl (C=O) groups is 10. The smallest absolute Gasteiger partial charge is 0.253 e. The third kappa shape index (κ3) is 26.1. The van der Waals surface area contributed by atoms with Crippen LogP contribution >= 0.6 is 0 Å². The molecule has 0 unspecified atom stereocenters. The Morgan fingerprint density at radius 2 is 0.489 bits per heavy atom. The molecule has 4 saturated carbocycles. The molecule has 0 N–H and O–H groups in total. The van der Waals surface area contributed by atoms with E-state index in [1.165, 1.54) is 38.5 Å². The Morgan fingerprint density at radius 1 is 0.277 bits per heavy atom. The average molecular weight is 1310 g/mol. The molecule has 0 spiro atoms. The maximum Gasteiger partial charge on any atom is 0.253 e. The molecule has 0 bridgehead atoms. The van der Waals surface area contributed by atoms with Gasteiger partial charge in [0.25, 0.3) is 5.91 Å². The van der Waals surface area contributed by atoms with Gasteiger partial charge in [0.05, 0.1) is 0 Å². The monoisotopic (exact) mass is 1310 g/mol. The zero-order chi connectivity index (χ0) is 68.4. The number of carbonyl (C=O) groups excluding carboxylic acids is 10. The molecule has 5 saturated heterocycles. The first-order valence-corrected chi connectivity index (χ1v) is 38.0. The zero-order valence-electron chi connectivity index (χ0n) is 60.4. The molecule has 1 aromatic rings. The van der Waals surface area contributed by atoms with Gasteiger partial charge in [-0.15, -0.1) is 0 Å². The number of likely N-dealkylation sites (tertiary alicyclic amines) is 5. The first-order valence-electron chi connectivity index (χ1n) is 38.0. The Kier molecular flexibility index (Phi) is 33.1. The summed E-state index contributed by atoms with van der Waals surface area (Å²) in [5, 5.41) is 0. The lowest BCUT2D eigenvalue weighted by Crippen LogP contribution is -2.43. The molecule has 0 radical (unpaired) electrons. The van der Waals surface area contributed by atoms with E-state index in [1.807, 2.05) is 119 Å². The summed E-state index contributed by atoms with van der Waals surface area (Å²) < 4.78 is 0. The molecule has 1 aromatic carbocycles. The van der Waals surface area contributed by atoms with Gasteiger partial charge in [0.1, 0.15) is 28.9 Å². The van der Waals surface area contributed by atoms with Crippen molar-refractivity contribution in [2.24, 2.45) is 82.9 Å². The number of piperidine rings is 5. The first-order chi connectivity index (χ1) is 44.9. The Bertz CT molecular complexity index is 2540. The van der Waals surface area contributed by atoms with E-state index >= 15 is 0 Å². The van der Waals surface area contributed by atoms with E-state index in [2.05, 4.69) is 4.90 Å². The highest BCUT2D eigenvalue weighted by Crippen LogP contribution is 2.35. The minimum atomic E-state index is 0.110. The lowest BCUT2D eigenvalue weighted by atomic mass is 9.83. The van der Waals surface area contributed by atoms with E-state index in [0.29, 0.717) is 132 Å². The molecule has 0 aromatic heterocycles. The molecule has 5 aliphatic heterocycles. The van der Waals surface area contributed by atoms with Crippen LogP contribution in [0.4, 0.5) is 0 Å². The summed E-state index contributed by atoms with van der Waals surface area (Å²) in [6, 6.07) is 9.41. The second-order valence-corrected chi connectivity index (χ2v) is 31.5. The van der Waals surface area contributed by atoms with Crippen LogP contribution in [0.2, 0.25) is 0 Å². The van der Waals surface area contributed by atoms with E-state index in [-0.39, 0.29) is 41.4 Å². The first kappa shape index (κ1) is 77.9. The Hall–Kier alpha value is -5.08. The van der Waals surface area contributed by atoms with Crippen LogP contribution in [-0.4, -0.2) is 148 Å². The summed E-state index contributed by atoms with van der Waals surface area (Å²) in [5.74, 6) is 7.89. The summed E-state index contributed by atoms with van der Waals surface area (Å²) in [4.78, 5) is 130. The lowest BCUT2D eigenvalue weighted by Gasteiger charge is -2.36. The Morgan fingerprint density at radius 3 is 0.702 bits per heavy atom. The van der Waals surface area contributed by atoms with Crippen LogP contribution in [0, 0.1) is 82.9 Å². The number of benzene rings is 1. The van der Waals surface area contributed by atoms with Crippen LogP contribution in [-0.2, 0) is 43.2 Å². The van der Waals surface area contributed by atoms with Gasteiger partial charge in [0.2, 0.25) is 23.6 Å². The van der Waals surface area contributed by atoms with Crippen molar-refractivity contribution in [3.63, 3.8) is 0 Å². The van der Waals surface area contributed by atoms with Crippen LogP contribution in [0.25, 0.3) is 0 Å². The van der Waals surface area contributed by atoms with Crippen molar-refractivity contribution < 1.29 is 47.9 Å². The molecule has 5 amide bonds. The van der Waals surface area contributed by atoms with E-state index in [9.17, 15) is 47.9 Å². The van der Waals surface area contributed by atoms with Crippen LogP contribution < -0.4 is 0 Å². The van der Waals surface area contributed by atoms with Crippen LogP contribution in [0.15, 0.2) is 30.3 Å². The lowest BCUT2D eigenvalue weighted by molar-refractivity contribution is -0.140. The maximum atomic E-state index is 12.4. The van der Waals surface area contributed by atoms with Crippen LogP contribution in [0.3, 0.4) is 0 Å². The minimum Gasteiger partial charge on any atom is -0.342 e. The molecule has 9 fully saturated rings. The molecule has 0 atom stereocenters. The molecule has 10 rings (SSSR count). The highest BCUT2D eigenvalue weighted by molar-refractivity contribution is 5.94. The molecular weight excluding hydrogens is 1180 g/mol. The highest BCUT2D eigenvalue weighted by atomic mass is 16.2. The van der Waals surface area contributed by atoms with Crippen molar-refractivity contribution in [3.05, 3.63) is 35.9 Å². The van der Waals surface area contributed by atoms with Gasteiger partial charge in [-0.2, -0.15) is 0 Å². The Labute approximate surface area is 567 Å². The second kappa shape index (κ2) is 40.0. The number of hydrogen-bond acceptors (Lipinski definition) is 10. The van der Waals surface area contributed by atoms with Crippen molar-refractivity contribution in [3.8, 4) is 0 Å². The number of ketones is 5. The fourth-order valence-corrected chi connectivity index (χ4v) is 14.7. The maximum absolute atomic E-state index is 12.4. The predicted molar refractivity (Wildman–Crippen MR) is 373 cm³/mol. The molecule has 94 heavy (non-hydrogen) atoms. The summed E-state index contributed by atoms with van der Waals surface area (Å²) in [6.45, 7) is 28.1. The number of amides is 5. The minimum absolute atomic E-state index is 0.110. The third-order valence-corrected chi connectivity index (χ3v) is 22.3. The molecule has 528 valence electrons. The molecular formula is C79H127N5O10. The van der Waals surface area contributed by atoms with Crippen molar-refractivity contribution in [1.29, 1.82) is 0 Å². The fraction of sp³-hybridized carbons (Fsp3) is 0.797. The quantitative estimate of drug-likeness (QED) is 0.122. The molecule has 4 aliphatic carbocycles. The fourth-order valence-electron chi connectivity index (χ4n) is 14.7. The average Bonchev–Trinajstić information content (AvgIpc) is 1.82. The SMILES string of the molecule is CC(C)C(=O)CC1CCN(C(=O)C2CC2)CC1.CC(C)C(=O)CC1CCN(C(=O)C2CCC2)CC1.CC(C)C(=O)CC1CCN(C(=O)C2CCCC2)CC1.CC(C)C(=O)CC1CCN(C(=O)C2CCCCC2)CC1.CC(C)C(=O)CC1CCN(C(=O)c2ccccc2)CC1. The summed E-state index contributed by atoms with van der Waals surface area (Å²) >= 11 is 0. The van der Waals surface area contributed by atoms with Crippen molar-refractivity contribution >= 4 is 58.5 Å². The van der Waals surface area contributed by atoms with E-state index < -0.39 is 0 Å². The van der Waals surface area contributed by atoms with E-state index in [1.54, 1.807) is 0 Å². The molecule has 15 heteroatoms. The Balaban J connectivity index is 0.000000186. The zero-order valence-corrected chi connectivity index (χ0v) is 60.4. The largest absolute Gasteiger partial charge is 0.342 e. The predicted octanol–water partition coefficient (Wildman–Crippen LogP) is 14.5.